The van der Waals surface area contributed by atoms with Gasteiger partial charge in [0.1, 0.15) is 11.6 Å². The van der Waals surface area contributed by atoms with Crippen molar-refractivity contribution < 1.29 is 14.6 Å². The van der Waals surface area contributed by atoms with Crippen molar-refractivity contribution in [2.45, 2.75) is 39.2 Å². The molecule has 0 spiro atoms. The minimum absolute atomic E-state index is 0.0896. The fraction of sp³-hybridized carbons (Fsp3) is 0.259. The van der Waals surface area contributed by atoms with Gasteiger partial charge in [-0.05, 0) is 41.6 Å². The van der Waals surface area contributed by atoms with E-state index in [1.165, 1.54) is 18.4 Å². The van der Waals surface area contributed by atoms with Crippen molar-refractivity contribution in [2.75, 3.05) is 7.11 Å². The molecular weight excluding hydrogens is 468 g/mol. The van der Waals surface area contributed by atoms with Gasteiger partial charge in [0.2, 0.25) is 0 Å². The Labute approximate surface area is 208 Å². The van der Waals surface area contributed by atoms with Gasteiger partial charge in [-0.15, -0.1) is 11.3 Å². The van der Waals surface area contributed by atoms with Gasteiger partial charge in [-0.3, -0.25) is 0 Å². The lowest BCUT2D eigenvalue weighted by molar-refractivity contribution is -0.136. The highest BCUT2D eigenvalue weighted by molar-refractivity contribution is 7.09. The Morgan fingerprint density at radius 3 is 2.68 bits per heavy atom. The Hall–Kier alpha value is -3.09. The molecule has 5 nitrogen and oxygen atoms in total. The van der Waals surface area contributed by atoms with Crippen LogP contribution in [-0.2, 0) is 28.9 Å². The normalized spacial score (nSPS) is 12.1. The second kappa shape index (κ2) is 10.9. The topological polar surface area (TPSA) is 64.3 Å². The molecule has 2 aromatic carbocycles. The Balaban J connectivity index is 1.91. The number of aliphatic hydroxyl groups excluding tert-OH is 1. The molecule has 0 aliphatic rings. The fourth-order valence-corrected chi connectivity index (χ4v) is 4.96. The largest absolute Gasteiger partial charge is 0.507 e. The monoisotopic (exact) mass is 494 g/mol. The van der Waals surface area contributed by atoms with Crippen LogP contribution in [-0.4, -0.2) is 27.7 Å². The lowest BCUT2D eigenvalue weighted by Crippen LogP contribution is -2.11. The van der Waals surface area contributed by atoms with Crippen molar-refractivity contribution in [3.05, 3.63) is 92.4 Å². The van der Waals surface area contributed by atoms with Gasteiger partial charge in [-0.25, -0.2) is 9.78 Å². The summed E-state index contributed by atoms with van der Waals surface area (Å²) in [5.41, 5.74) is 3.28. The maximum Gasteiger partial charge on any atom is 0.337 e. The number of fused-ring (bicyclic) bond motifs is 1. The number of para-hydroxylation sites is 1. The zero-order chi connectivity index (χ0) is 24.1. The molecule has 0 aliphatic carbocycles. The molecule has 7 heteroatoms. The van der Waals surface area contributed by atoms with Crippen LogP contribution in [0.4, 0.5) is 0 Å². The number of benzene rings is 2. The Kier molecular flexibility index (Phi) is 7.70. The third-order valence-corrected chi connectivity index (χ3v) is 7.03. The molecule has 0 aliphatic heterocycles. The van der Waals surface area contributed by atoms with E-state index in [4.69, 9.17) is 21.3 Å². The highest BCUT2D eigenvalue weighted by Crippen LogP contribution is 2.31. The van der Waals surface area contributed by atoms with Gasteiger partial charge < -0.3 is 14.4 Å². The third kappa shape index (κ3) is 5.03. The minimum atomic E-state index is -0.550. The number of imidazole rings is 1. The summed E-state index contributed by atoms with van der Waals surface area (Å²) in [5.74, 6) is 0.286. The summed E-state index contributed by atoms with van der Waals surface area (Å²) in [6.07, 6.45) is 3.13. The molecule has 2 aromatic heterocycles. The summed E-state index contributed by atoms with van der Waals surface area (Å²) in [7, 11) is 1.33. The number of aromatic nitrogens is 2. The summed E-state index contributed by atoms with van der Waals surface area (Å²) in [6, 6.07) is 17.2. The summed E-state index contributed by atoms with van der Waals surface area (Å²) >= 11 is 8.02. The molecule has 1 N–H and O–H groups in total. The Morgan fingerprint density at radius 1 is 1.15 bits per heavy atom. The number of ether oxygens (including phenoxy) is 1. The number of nitrogens with zero attached hydrogens (tertiary/aromatic N) is 2. The number of carbonyl (C=O) groups is 1. The maximum absolute atomic E-state index is 12.7. The van der Waals surface area contributed by atoms with E-state index in [-0.39, 0.29) is 17.8 Å². The van der Waals surface area contributed by atoms with E-state index < -0.39 is 5.97 Å². The van der Waals surface area contributed by atoms with E-state index in [0.717, 1.165) is 46.6 Å². The number of aliphatic hydroxyl groups is 1. The zero-order valence-electron chi connectivity index (χ0n) is 19.3. The van der Waals surface area contributed by atoms with Crippen molar-refractivity contribution in [1.29, 1.82) is 0 Å². The van der Waals surface area contributed by atoms with Gasteiger partial charge >= 0.3 is 5.97 Å². The van der Waals surface area contributed by atoms with Crippen molar-refractivity contribution >= 4 is 45.7 Å². The molecular formula is C27H27ClN2O3S. The van der Waals surface area contributed by atoms with E-state index in [9.17, 15) is 9.90 Å². The van der Waals surface area contributed by atoms with Crippen LogP contribution in [0.3, 0.4) is 0 Å². The number of esters is 1. The number of hydrogen-bond acceptors (Lipinski definition) is 5. The van der Waals surface area contributed by atoms with E-state index in [1.54, 1.807) is 0 Å². The summed E-state index contributed by atoms with van der Waals surface area (Å²) < 4.78 is 7.13. The summed E-state index contributed by atoms with van der Waals surface area (Å²) in [4.78, 5) is 18.5. The highest BCUT2D eigenvalue weighted by atomic mass is 35.5. The highest BCUT2D eigenvalue weighted by Gasteiger charge is 2.23. The van der Waals surface area contributed by atoms with Crippen LogP contribution < -0.4 is 0 Å². The molecule has 0 saturated carbocycles. The van der Waals surface area contributed by atoms with Gasteiger partial charge in [0, 0.05) is 28.3 Å². The van der Waals surface area contributed by atoms with Crippen LogP contribution >= 0.6 is 22.9 Å². The molecule has 4 rings (SSSR count). The third-order valence-electron chi connectivity index (χ3n) is 5.79. The second-order valence-corrected chi connectivity index (χ2v) is 9.50. The number of thiophene rings is 1. The number of halogens is 1. The maximum atomic E-state index is 12.7. The lowest BCUT2D eigenvalue weighted by Gasteiger charge is -2.14. The summed E-state index contributed by atoms with van der Waals surface area (Å²) in [5, 5.41) is 14.0. The first-order valence-corrected chi connectivity index (χ1v) is 12.5. The number of methoxy groups -OCH3 is 1. The molecule has 0 amide bonds. The molecule has 0 bridgehead atoms. The lowest BCUT2D eigenvalue weighted by atomic mass is 10.0. The predicted octanol–water partition coefficient (Wildman–Crippen LogP) is 6.83. The van der Waals surface area contributed by atoms with E-state index in [2.05, 4.69) is 11.5 Å². The van der Waals surface area contributed by atoms with Crippen LogP contribution in [0, 0.1) is 0 Å². The summed E-state index contributed by atoms with van der Waals surface area (Å²) in [6.45, 7) is 2.66. The molecule has 0 radical (unpaired) electrons. The van der Waals surface area contributed by atoms with Crippen LogP contribution in [0.5, 0.6) is 0 Å². The van der Waals surface area contributed by atoms with Crippen LogP contribution in [0.1, 0.15) is 41.6 Å². The van der Waals surface area contributed by atoms with Gasteiger partial charge in [0.25, 0.3) is 0 Å². The van der Waals surface area contributed by atoms with Crippen molar-refractivity contribution in [2.24, 2.45) is 0 Å². The number of carbonyl (C=O) groups excluding carboxylic acids is 1. The molecule has 0 unspecified atom stereocenters. The van der Waals surface area contributed by atoms with Crippen molar-refractivity contribution in [3.63, 3.8) is 0 Å². The van der Waals surface area contributed by atoms with Gasteiger partial charge in [0.15, 0.2) is 0 Å². The molecule has 0 atom stereocenters. The number of unbranched alkanes of at least 4 members (excludes halogenated alkanes) is 1. The number of aryl methyl sites for hydroxylation is 1. The van der Waals surface area contributed by atoms with E-state index in [1.807, 2.05) is 60.0 Å². The first-order chi connectivity index (χ1) is 16.5. The molecule has 4 aromatic rings. The predicted molar refractivity (Wildman–Crippen MR) is 138 cm³/mol. The number of hydrogen-bond donors (Lipinski definition) is 1. The first kappa shape index (κ1) is 24.0. The average molecular weight is 495 g/mol. The standard InChI is InChI=1S/C27H27ClN2O3S/c1-3-4-14-24-29-23-13-7-11-20(25(23)30(24)17-18-9-5-6-12-22(18)28)26(31)21(27(32)33-2)16-19-10-8-15-34-19/h5-13,15,31H,3-4,14,16-17H2,1-2H3/b26-21+. The minimum Gasteiger partial charge on any atom is -0.507 e. The quantitative estimate of drug-likeness (QED) is 0.157. The smallest absolute Gasteiger partial charge is 0.337 e. The van der Waals surface area contributed by atoms with Crippen LogP contribution in [0.25, 0.3) is 16.8 Å². The second-order valence-electron chi connectivity index (χ2n) is 8.06. The van der Waals surface area contributed by atoms with Crippen molar-refractivity contribution in [1.82, 2.24) is 9.55 Å². The van der Waals surface area contributed by atoms with Crippen LogP contribution in [0.15, 0.2) is 65.6 Å². The molecule has 2 heterocycles. The Morgan fingerprint density at radius 2 is 1.97 bits per heavy atom. The van der Waals surface area contributed by atoms with Gasteiger partial charge in [-0.1, -0.05) is 55.3 Å². The SMILES string of the molecule is CCCCc1nc2cccc(/C(O)=C(/Cc3cccs3)C(=O)OC)c2n1Cc1ccccc1Cl. The Bertz CT molecular complexity index is 1330. The van der Waals surface area contributed by atoms with Crippen molar-refractivity contribution in [3.8, 4) is 0 Å². The van der Waals surface area contributed by atoms with E-state index in [0.29, 0.717) is 17.1 Å². The molecule has 0 saturated heterocycles. The van der Waals surface area contributed by atoms with Crippen LogP contribution in [0.2, 0.25) is 5.02 Å². The first-order valence-electron chi connectivity index (χ1n) is 11.3. The van der Waals surface area contributed by atoms with Gasteiger partial charge in [0.05, 0.1) is 30.3 Å². The van der Waals surface area contributed by atoms with E-state index >= 15 is 0 Å². The molecule has 0 fully saturated rings. The number of rotatable bonds is 9. The average Bonchev–Trinajstić information content (AvgIpc) is 3.49. The zero-order valence-corrected chi connectivity index (χ0v) is 20.8. The molecule has 34 heavy (non-hydrogen) atoms. The van der Waals surface area contributed by atoms with Gasteiger partial charge in [-0.2, -0.15) is 0 Å². The molecule has 176 valence electrons. The fourth-order valence-electron chi connectivity index (χ4n) is 4.04.